The van der Waals surface area contributed by atoms with Crippen LogP contribution < -0.4 is 11.5 Å². The molecule has 16 heavy (non-hydrogen) atoms. The second-order valence-corrected chi connectivity index (χ2v) is 4.19. The fraction of sp³-hybridized carbons (Fsp3) is 0.200. The molecule has 0 aliphatic rings. The molecule has 0 radical (unpaired) electrons. The maximum absolute atomic E-state index is 11.2. The second-order valence-electron chi connectivity index (χ2n) is 3.30. The van der Waals surface area contributed by atoms with E-state index in [1.54, 1.807) is 11.4 Å². The molecule has 0 atom stereocenters. The summed E-state index contributed by atoms with van der Waals surface area (Å²) in [5.74, 6) is 0.687. The first-order valence-electron chi connectivity index (χ1n) is 4.67. The van der Waals surface area contributed by atoms with Gasteiger partial charge in [-0.2, -0.15) is 0 Å². The molecule has 84 valence electrons. The molecule has 0 saturated carbocycles. The van der Waals surface area contributed by atoms with E-state index in [9.17, 15) is 4.79 Å². The molecule has 2 aromatic rings. The number of nitrogens with two attached hydrogens (primary N) is 2. The molecule has 5 nitrogen and oxygen atoms in total. The molecule has 0 bridgehead atoms. The lowest BCUT2D eigenvalue weighted by molar-refractivity contribution is 0.0988. The van der Waals surface area contributed by atoms with Gasteiger partial charge in [0.05, 0.1) is 0 Å². The Morgan fingerprint density at radius 2 is 2.38 bits per heavy atom. The van der Waals surface area contributed by atoms with Crippen molar-refractivity contribution in [2.75, 3.05) is 5.73 Å². The van der Waals surface area contributed by atoms with E-state index in [1.165, 1.54) is 18.3 Å². The number of carbonyl (C=O) groups excluding carboxylic acids is 1. The van der Waals surface area contributed by atoms with Gasteiger partial charge in [0.1, 0.15) is 5.69 Å². The molecule has 0 aliphatic carbocycles. The molecule has 0 spiro atoms. The number of carbonyl (C=O) groups is 1. The summed E-state index contributed by atoms with van der Waals surface area (Å²) in [6.07, 6.45) is 0. The molecule has 0 fully saturated rings. The monoisotopic (exact) mass is 237 g/mol. The van der Waals surface area contributed by atoms with Gasteiger partial charge in [-0.05, 0) is 6.07 Å². The van der Waals surface area contributed by atoms with E-state index in [1.807, 2.05) is 0 Å². The maximum atomic E-state index is 11.2. The predicted octanol–water partition coefficient (Wildman–Crippen LogP) is 1.65. The number of ketones is 1. The lowest BCUT2D eigenvalue weighted by atomic mass is 10.2. The summed E-state index contributed by atoms with van der Waals surface area (Å²) < 4.78 is 5.43. The number of furan rings is 1. The van der Waals surface area contributed by atoms with Gasteiger partial charge in [0.25, 0.3) is 0 Å². The van der Waals surface area contributed by atoms with E-state index in [4.69, 9.17) is 15.9 Å². The second kappa shape index (κ2) is 4.07. The number of hydrogen-bond donors (Lipinski definition) is 2. The van der Waals surface area contributed by atoms with Crippen LogP contribution >= 0.6 is 11.3 Å². The summed E-state index contributed by atoms with van der Waals surface area (Å²) in [5.41, 5.74) is 12.5. The molecule has 0 aliphatic heterocycles. The fourth-order valence-corrected chi connectivity index (χ4v) is 1.91. The van der Waals surface area contributed by atoms with Crippen molar-refractivity contribution in [2.24, 2.45) is 5.73 Å². The van der Waals surface area contributed by atoms with Crippen molar-refractivity contribution < 1.29 is 9.21 Å². The van der Waals surface area contributed by atoms with Crippen LogP contribution in [0.3, 0.4) is 0 Å². The van der Waals surface area contributed by atoms with E-state index < -0.39 is 0 Å². The Balaban J connectivity index is 2.51. The molecular formula is C10H11N3O2S. The van der Waals surface area contributed by atoms with Gasteiger partial charge in [-0.25, -0.2) is 4.98 Å². The lowest BCUT2D eigenvalue weighted by Gasteiger charge is -1.94. The highest BCUT2D eigenvalue weighted by molar-refractivity contribution is 7.13. The predicted molar refractivity (Wildman–Crippen MR) is 62.1 cm³/mol. The quantitative estimate of drug-likeness (QED) is 0.791. The Kier molecular flexibility index (Phi) is 2.76. The summed E-state index contributed by atoms with van der Waals surface area (Å²) >= 11 is 1.32. The average Bonchev–Trinajstić information content (AvgIpc) is 2.82. The van der Waals surface area contributed by atoms with Gasteiger partial charge in [0.2, 0.25) is 0 Å². The largest absolute Gasteiger partial charge is 0.451 e. The Bertz CT molecular complexity index is 530. The van der Waals surface area contributed by atoms with Gasteiger partial charge < -0.3 is 15.9 Å². The molecule has 2 aromatic heterocycles. The minimum Gasteiger partial charge on any atom is -0.451 e. The van der Waals surface area contributed by atoms with Crippen LogP contribution in [0.15, 0.2) is 15.9 Å². The Hall–Kier alpha value is -1.66. The van der Waals surface area contributed by atoms with Gasteiger partial charge in [0, 0.05) is 24.4 Å². The van der Waals surface area contributed by atoms with Crippen molar-refractivity contribution in [1.29, 1.82) is 0 Å². The van der Waals surface area contributed by atoms with Gasteiger partial charge in [-0.15, -0.1) is 11.3 Å². The van der Waals surface area contributed by atoms with Gasteiger partial charge in [0.15, 0.2) is 22.4 Å². The first kappa shape index (κ1) is 10.8. The Labute approximate surface area is 96.1 Å². The first-order valence-corrected chi connectivity index (χ1v) is 5.55. The number of aromatic nitrogens is 1. The van der Waals surface area contributed by atoms with Crippen molar-refractivity contribution >= 4 is 22.3 Å². The van der Waals surface area contributed by atoms with Crippen molar-refractivity contribution in [3.63, 3.8) is 0 Å². The van der Waals surface area contributed by atoms with Crippen molar-refractivity contribution in [3.8, 4) is 11.5 Å². The standard InChI is InChI=1S/C10H11N3O2S/c1-5(14)8-2-6(3-11)9(15-8)7-4-16-10(12)13-7/h2,4H,3,11H2,1H3,(H2,12,13). The minimum absolute atomic E-state index is 0.135. The van der Waals surface area contributed by atoms with E-state index in [0.717, 1.165) is 5.56 Å². The smallest absolute Gasteiger partial charge is 0.194 e. The van der Waals surface area contributed by atoms with E-state index in [0.29, 0.717) is 28.9 Å². The SMILES string of the molecule is CC(=O)c1cc(CN)c(-c2csc(N)n2)o1. The third-order valence-corrected chi connectivity index (χ3v) is 2.80. The number of hydrogen-bond acceptors (Lipinski definition) is 6. The highest BCUT2D eigenvalue weighted by atomic mass is 32.1. The van der Waals surface area contributed by atoms with Crippen LogP contribution in [0.5, 0.6) is 0 Å². The highest BCUT2D eigenvalue weighted by Gasteiger charge is 2.16. The van der Waals surface area contributed by atoms with Crippen LogP contribution in [0.4, 0.5) is 5.13 Å². The molecule has 2 rings (SSSR count). The maximum Gasteiger partial charge on any atom is 0.194 e. The van der Waals surface area contributed by atoms with Crippen LogP contribution in [-0.2, 0) is 6.54 Å². The minimum atomic E-state index is -0.135. The molecule has 0 unspecified atom stereocenters. The van der Waals surface area contributed by atoms with Crippen LogP contribution in [0.2, 0.25) is 0 Å². The summed E-state index contributed by atoms with van der Waals surface area (Å²) in [6.45, 7) is 1.74. The van der Waals surface area contributed by atoms with Crippen molar-refractivity contribution in [1.82, 2.24) is 4.98 Å². The van der Waals surface area contributed by atoms with Crippen LogP contribution in [0, 0.1) is 0 Å². The van der Waals surface area contributed by atoms with Gasteiger partial charge in [-0.1, -0.05) is 0 Å². The third-order valence-electron chi connectivity index (χ3n) is 2.13. The third kappa shape index (κ3) is 1.84. The van der Waals surface area contributed by atoms with Crippen LogP contribution in [0.1, 0.15) is 23.0 Å². The molecule has 4 N–H and O–H groups in total. The van der Waals surface area contributed by atoms with Crippen molar-refractivity contribution in [3.05, 3.63) is 22.8 Å². The summed E-state index contributed by atoms with van der Waals surface area (Å²) in [6, 6.07) is 1.65. The fourth-order valence-electron chi connectivity index (χ4n) is 1.36. The Morgan fingerprint density at radius 1 is 1.62 bits per heavy atom. The highest BCUT2D eigenvalue weighted by Crippen LogP contribution is 2.29. The van der Waals surface area contributed by atoms with Crippen molar-refractivity contribution in [2.45, 2.75) is 13.5 Å². The number of rotatable bonds is 3. The zero-order valence-corrected chi connectivity index (χ0v) is 9.50. The zero-order valence-electron chi connectivity index (χ0n) is 8.69. The first-order chi connectivity index (χ1) is 7.61. The lowest BCUT2D eigenvalue weighted by Crippen LogP contribution is -1.96. The average molecular weight is 237 g/mol. The summed E-state index contributed by atoms with van der Waals surface area (Å²) in [5, 5.41) is 2.23. The molecule has 2 heterocycles. The van der Waals surface area contributed by atoms with Gasteiger partial charge in [-0.3, -0.25) is 4.79 Å². The number of Topliss-reactive ketones (excluding diaryl/α,β-unsaturated/α-hetero) is 1. The number of nitrogen functional groups attached to an aromatic ring is 1. The molecular weight excluding hydrogens is 226 g/mol. The van der Waals surface area contributed by atoms with E-state index in [2.05, 4.69) is 4.98 Å². The normalized spacial score (nSPS) is 10.6. The van der Waals surface area contributed by atoms with E-state index in [-0.39, 0.29) is 5.78 Å². The van der Waals surface area contributed by atoms with Gasteiger partial charge >= 0.3 is 0 Å². The molecule has 0 aromatic carbocycles. The van der Waals surface area contributed by atoms with Crippen LogP contribution in [0.25, 0.3) is 11.5 Å². The summed E-state index contributed by atoms with van der Waals surface area (Å²) in [4.78, 5) is 15.3. The number of nitrogens with zero attached hydrogens (tertiary/aromatic N) is 1. The Morgan fingerprint density at radius 3 is 2.88 bits per heavy atom. The molecule has 0 saturated heterocycles. The zero-order chi connectivity index (χ0) is 11.7. The van der Waals surface area contributed by atoms with E-state index >= 15 is 0 Å². The number of thiazole rings is 1. The topological polar surface area (TPSA) is 95.1 Å². The summed E-state index contributed by atoms with van der Waals surface area (Å²) in [7, 11) is 0. The van der Waals surface area contributed by atoms with Crippen LogP contribution in [-0.4, -0.2) is 10.8 Å². The number of anilines is 1. The molecule has 0 amide bonds. The molecule has 6 heteroatoms.